The van der Waals surface area contributed by atoms with Crippen molar-refractivity contribution in [3.8, 4) is 0 Å². The topological polar surface area (TPSA) is 61.4 Å². The molecule has 12 heavy (non-hydrogen) atoms. The molecule has 0 atom stereocenters. The second-order valence-corrected chi connectivity index (χ2v) is 3.27. The van der Waals surface area contributed by atoms with Gasteiger partial charge in [-0.1, -0.05) is 0 Å². The SMILES string of the molecule is CC(=O)Nc1ccsc1CNO. The Morgan fingerprint density at radius 2 is 2.50 bits per heavy atom. The minimum atomic E-state index is -0.104. The summed E-state index contributed by atoms with van der Waals surface area (Å²) in [4.78, 5) is 11.6. The van der Waals surface area contributed by atoms with E-state index in [1.165, 1.54) is 18.3 Å². The van der Waals surface area contributed by atoms with Gasteiger partial charge in [-0.05, 0) is 11.4 Å². The first-order valence-corrected chi connectivity index (χ1v) is 4.33. The van der Waals surface area contributed by atoms with Crippen molar-refractivity contribution in [1.82, 2.24) is 5.48 Å². The van der Waals surface area contributed by atoms with Crippen LogP contribution < -0.4 is 10.8 Å². The first-order chi connectivity index (χ1) is 5.74. The van der Waals surface area contributed by atoms with E-state index in [4.69, 9.17) is 5.21 Å². The minimum Gasteiger partial charge on any atom is -0.325 e. The van der Waals surface area contributed by atoms with Crippen LogP contribution in [0.25, 0.3) is 0 Å². The standard InChI is InChI=1S/C7H10N2O2S/c1-5(10)9-6-2-3-12-7(6)4-8-11/h2-3,8,11H,4H2,1H3,(H,9,10). The van der Waals surface area contributed by atoms with Crippen LogP contribution in [-0.2, 0) is 11.3 Å². The summed E-state index contributed by atoms with van der Waals surface area (Å²) in [6, 6.07) is 1.80. The summed E-state index contributed by atoms with van der Waals surface area (Å²) in [5.41, 5.74) is 2.80. The maximum absolute atomic E-state index is 10.7. The van der Waals surface area contributed by atoms with Crippen molar-refractivity contribution in [3.63, 3.8) is 0 Å². The lowest BCUT2D eigenvalue weighted by atomic mass is 10.4. The number of rotatable bonds is 3. The van der Waals surface area contributed by atoms with Crippen LogP contribution in [0.5, 0.6) is 0 Å². The summed E-state index contributed by atoms with van der Waals surface area (Å²) in [7, 11) is 0. The number of hydroxylamine groups is 1. The second kappa shape index (κ2) is 4.20. The third-order valence-electron chi connectivity index (χ3n) is 1.30. The molecule has 0 radical (unpaired) electrons. The van der Waals surface area contributed by atoms with Gasteiger partial charge in [-0.25, -0.2) is 5.48 Å². The van der Waals surface area contributed by atoms with Crippen LogP contribution in [0, 0.1) is 0 Å². The Morgan fingerprint density at radius 1 is 1.75 bits per heavy atom. The molecule has 0 fully saturated rings. The minimum absolute atomic E-state index is 0.104. The molecule has 0 saturated carbocycles. The molecule has 1 rings (SSSR count). The number of amides is 1. The number of thiophene rings is 1. The van der Waals surface area contributed by atoms with E-state index in [2.05, 4.69) is 5.32 Å². The molecule has 1 aromatic heterocycles. The van der Waals surface area contributed by atoms with Crippen molar-refractivity contribution < 1.29 is 10.0 Å². The quantitative estimate of drug-likeness (QED) is 0.621. The van der Waals surface area contributed by atoms with Crippen LogP contribution in [0.15, 0.2) is 11.4 Å². The molecule has 0 saturated heterocycles. The molecule has 1 aromatic rings. The molecule has 0 unspecified atom stereocenters. The van der Waals surface area contributed by atoms with E-state index in [9.17, 15) is 4.79 Å². The molecule has 4 nitrogen and oxygen atoms in total. The third-order valence-corrected chi connectivity index (χ3v) is 2.22. The first kappa shape index (κ1) is 9.18. The van der Waals surface area contributed by atoms with Gasteiger partial charge in [0.2, 0.25) is 5.91 Å². The highest BCUT2D eigenvalue weighted by Crippen LogP contribution is 2.21. The first-order valence-electron chi connectivity index (χ1n) is 3.45. The number of hydrogen-bond donors (Lipinski definition) is 3. The zero-order valence-corrected chi connectivity index (χ0v) is 7.44. The van der Waals surface area contributed by atoms with E-state index in [0.29, 0.717) is 6.54 Å². The van der Waals surface area contributed by atoms with Crippen LogP contribution in [0.4, 0.5) is 5.69 Å². The lowest BCUT2D eigenvalue weighted by Gasteiger charge is -2.01. The average molecular weight is 186 g/mol. The van der Waals surface area contributed by atoms with E-state index >= 15 is 0 Å². The molecule has 0 aliphatic rings. The van der Waals surface area contributed by atoms with E-state index in [1.54, 1.807) is 6.07 Å². The van der Waals surface area contributed by atoms with Gasteiger partial charge in [-0.15, -0.1) is 11.3 Å². The number of nitrogens with one attached hydrogen (secondary N) is 2. The van der Waals surface area contributed by atoms with Gasteiger partial charge in [0, 0.05) is 11.8 Å². The molecule has 0 bridgehead atoms. The molecular formula is C7H10N2O2S. The largest absolute Gasteiger partial charge is 0.325 e. The summed E-state index contributed by atoms with van der Waals surface area (Å²) in [6.07, 6.45) is 0. The molecule has 66 valence electrons. The Bertz CT molecular complexity index is 272. The van der Waals surface area contributed by atoms with Crippen molar-refractivity contribution in [3.05, 3.63) is 16.3 Å². The monoisotopic (exact) mass is 186 g/mol. The van der Waals surface area contributed by atoms with E-state index < -0.39 is 0 Å². The lowest BCUT2D eigenvalue weighted by molar-refractivity contribution is -0.114. The smallest absolute Gasteiger partial charge is 0.221 e. The summed E-state index contributed by atoms with van der Waals surface area (Å²) < 4.78 is 0. The Hall–Kier alpha value is -0.910. The molecule has 0 spiro atoms. The van der Waals surface area contributed by atoms with Crippen molar-refractivity contribution in [1.29, 1.82) is 0 Å². The fourth-order valence-corrected chi connectivity index (χ4v) is 1.61. The Labute approximate surface area is 74.2 Å². The molecular weight excluding hydrogens is 176 g/mol. The summed E-state index contributed by atoms with van der Waals surface area (Å²) in [6.45, 7) is 1.81. The van der Waals surface area contributed by atoms with Crippen LogP contribution in [0.2, 0.25) is 0 Å². The van der Waals surface area contributed by atoms with Gasteiger partial charge in [-0.2, -0.15) is 0 Å². The van der Waals surface area contributed by atoms with Gasteiger partial charge in [0.05, 0.1) is 12.2 Å². The van der Waals surface area contributed by atoms with Gasteiger partial charge < -0.3 is 10.5 Å². The Balaban J connectivity index is 2.69. The highest BCUT2D eigenvalue weighted by molar-refractivity contribution is 7.10. The van der Waals surface area contributed by atoms with E-state index in [-0.39, 0.29) is 5.91 Å². The fourth-order valence-electron chi connectivity index (χ4n) is 0.850. The zero-order valence-electron chi connectivity index (χ0n) is 6.63. The molecule has 0 aromatic carbocycles. The fraction of sp³-hybridized carbons (Fsp3) is 0.286. The summed E-state index contributed by atoms with van der Waals surface area (Å²) in [5.74, 6) is -0.104. The Morgan fingerprint density at radius 3 is 3.08 bits per heavy atom. The second-order valence-electron chi connectivity index (χ2n) is 2.27. The number of anilines is 1. The van der Waals surface area contributed by atoms with Crippen LogP contribution in [-0.4, -0.2) is 11.1 Å². The van der Waals surface area contributed by atoms with E-state index in [0.717, 1.165) is 10.6 Å². The molecule has 3 N–H and O–H groups in total. The summed E-state index contributed by atoms with van der Waals surface area (Å²) in [5, 5.41) is 13.0. The highest BCUT2D eigenvalue weighted by atomic mass is 32.1. The lowest BCUT2D eigenvalue weighted by Crippen LogP contribution is -2.10. The molecule has 5 heteroatoms. The molecule has 0 aliphatic carbocycles. The van der Waals surface area contributed by atoms with Crippen molar-refractivity contribution in [2.24, 2.45) is 0 Å². The van der Waals surface area contributed by atoms with Crippen molar-refractivity contribution in [2.45, 2.75) is 13.5 Å². The average Bonchev–Trinajstić information content (AvgIpc) is 2.37. The predicted molar refractivity (Wildman–Crippen MR) is 47.2 cm³/mol. The third kappa shape index (κ3) is 2.30. The normalized spacial score (nSPS) is 9.83. The van der Waals surface area contributed by atoms with Gasteiger partial charge in [-0.3, -0.25) is 4.79 Å². The van der Waals surface area contributed by atoms with Gasteiger partial charge >= 0.3 is 0 Å². The molecule has 1 amide bonds. The van der Waals surface area contributed by atoms with Crippen molar-refractivity contribution in [2.75, 3.05) is 5.32 Å². The summed E-state index contributed by atoms with van der Waals surface area (Å²) >= 11 is 1.48. The zero-order chi connectivity index (χ0) is 8.97. The Kier molecular flexibility index (Phi) is 3.21. The maximum atomic E-state index is 10.7. The predicted octanol–water partition coefficient (Wildman–Crippen LogP) is 1.19. The van der Waals surface area contributed by atoms with Gasteiger partial charge in [0.15, 0.2) is 0 Å². The van der Waals surface area contributed by atoms with Gasteiger partial charge in [0.1, 0.15) is 0 Å². The molecule has 1 heterocycles. The number of carbonyl (C=O) groups excluding carboxylic acids is 1. The highest BCUT2D eigenvalue weighted by Gasteiger charge is 2.03. The van der Waals surface area contributed by atoms with Crippen LogP contribution in [0.1, 0.15) is 11.8 Å². The van der Waals surface area contributed by atoms with E-state index in [1.807, 2.05) is 10.9 Å². The molecule has 0 aliphatic heterocycles. The van der Waals surface area contributed by atoms with Gasteiger partial charge in [0.25, 0.3) is 0 Å². The maximum Gasteiger partial charge on any atom is 0.221 e. The van der Waals surface area contributed by atoms with Crippen LogP contribution in [0.3, 0.4) is 0 Å². The number of hydrogen-bond acceptors (Lipinski definition) is 4. The van der Waals surface area contributed by atoms with Crippen LogP contribution >= 0.6 is 11.3 Å². The number of carbonyl (C=O) groups is 1. The van der Waals surface area contributed by atoms with Crippen molar-refractivity contribution >= 4 is 22.9 Å².